The molecule has 19 heavy (non-hydrogen) atoms. The molecule has 0 aromatic carbocycles. The van der Waals surface area contributed by atoms with E-state index in [0.717, 1.165) is 0 Å². The number of nitrogens with one attached hydrogen (secondary N) is 1. The topological polar surface area (TPSA) is 78.9 Å². The molecule has 0 rings (SSSR count). The van der Waals surface area contributed by atoms with Gasteiger partial charge in [-0.05, 0) is 12.3 Å². The lowest BCUT2D eigenvalue weighted by atomic mass is 9.87. The smallest absolute Gasteiger partial charge is 0.326 e. The normalized spacial score (nSPS) is 14.6. The summed E-state index contributed by atoms with van der Waals surface area (Å²) in [5.41, 5.74) is -0.0721. The van der Waals surface area contributed by atoms with Crippen LogP contribution in [0, 0.1) is 5.41 Å². The van der Waals surface area contributed by atoms with Crippen molar-refractivity contribution in [1.82, 2.24) is 10.2 Å². The van der Waals surface area contributed by atoms with E-state index < -0.39 is 12.0 Å². The Balaban J connectivity index is 4.59. The van der Waals surface area contributed by atoms with Crippen LogP contribution in [0.15, 0.2) is 0 Å². The summed E-state index contributed by atoms with van der Waals surface area (Å²) < 4.78 is 4.84. The van der Waals surface area contributed by atoms with Gasteiger partial charge in [0, 0.05) is 33.2 Å². The number of carboxylic acid groups (broad SMARTS) is 1. The van der Waals surface area contributed by atoms with Gasteiger partial charge in [-0.15, -0.1) is 0 Å². The number of carboxylic acids is 1. The first-order valence-electron chi connectivity index (χ1n) is 6.36. The molecular weight excluding hydrogens is 248 g/mol. The Hall–Kier alpha value is -1.30. The monoisotopic (exact) mass is 274 g/mol. The summed E-state index contributed by atoms with van der Waals surface area (Å²) in [4.78, 5) is 24.6. The van der Waals surface area contributed by atoms with Crippen molar-refractivity contribution in [2.45, 2.75) is 46.2 Å². The molecule has 0 aromatic heterocycles. The summed E-state index contributed by atoms with van der Waals surface area (Å²) in [5, 5.41) is 11.6. The second kappa shape index (κ2) is 7.33. The Kier molecular flexibility index (Phi) is 6.83. The van der Waals surface area contributed by atoms with Gasteiger partial charge in [-0.1, -0.05) is 20.8 Å². The van der Waals surface area contributed by atoms with Crippen LogP contribution in [-0.4, -0.2) is 54.9 Å². The van der Waals surface area contributed by atoms with Gasteiger partial charge in [-0.3, -0.25) is 0 Å². The highest BCUT2D eigenvalue weighted by atomic mass is 16.5. The molecule has 0 heterocycles. The molecule has 0 saturated carbocycles. The van der Waals surface area contributed by atoms with Gasteiger partial charge in [0.25, 0.3) is 0 Å². The third-order valence-electron chi connectivity index (χ3n) is 3.36. The van der Waals surface area contributed by atoms with Gasteiger partial charge < -0.3 is 20.1 Å². The van der Waals surface area contributed by atoms with Crippen LogP contribution in [0.5, 0.6) is 0 Å². The van der Waals surface area contributed by atoms with E-state index in [1.165, 1.54) is 12.0 Å². The van der Waals surface area contributed by atoms with E-state index in [1.807, 2.05) is 27.7 Å². The maximum absolute atomic E-state index is 12.0. The highest BCUT2D eigenvalue weighted by molar-refractivity contribution is 5.82. The average molecular weight is 274 g/mol. The fourth-order valence-corrected chi connectivity index (χ4v) is 1.50. The van der Waals surface area contributed by atoms with Crippen LogP contribution in [0.25, 0.3) is 0 Å². The van der Waals surface area contributed by atoms with E-state index in [9.17, 15) is 9.59 Å². The predicted octanol–water partition coefficient (Wildman–Crippen LogP) is 1.55. The minimum Gasteiger partial charge on any atom is -0.480 e. The summed E-state index contributed by atoms with van der Waals surface area (Å²) in [6.45, 7) is 8.31. The summed E-state index contributed by atoms with van der Waals surface area (Å²) >= 11 is 0. The average Bonchev–Trinajstić information content (AvgIpc) is 2.30. The zero-order chi connectivity index (χ0) is 15.2. The van der Waals surface area contributed by atoms with E-state index >= 15 is 0 Å². The summed E-state index contributed by atoms with van der Waals surface area (Å²) in [7, 11) is 3.16. The van der Waals surface area contributed by atoms with Crippen molar-refractivity contribution in [3.8, 4) is 0 Å². The number of ether oxygens (including phenoxy) is 1. The minimum absolute atomic E-state index is 0.00984. The molecule has 0 aliphatic carbocycles. The highest BCUT2D eigenvalue weighted by Gasteiger charge is 2.29. The van der Waals surface area contributed by atoms with Gasteiger partial charge in [-0.2, -0.15) is 0 Å². The summed E-state index contributed by atoms with van der Waals surface area (Å²) in [6, 6.07) is -1.32. The molecule has 0 aromatic rings. The molecule has 0 aliphatic rings. The van der Waals surface area contributed by atoms with Crippen molar-refractivity contribution in [2.75, 3.05) is 20.8 Å². The number of hydrogen-bond donors (Lipinski definition) is 2. The lowest BCUT2D eigenvalue weighted by molar-refractivity contribution is -0.139. The highest BCUT2D eigenvalue weighted by Crippen LogP contribution is 2.22. The van der Waals surface area contributed by atoms with Crippen molar-refractivity contribution in [2.24, 2.45) is 5.41 Å². The molecule has 2 unspecified atom stereocenters. The molecule has 0 bridgehead atoms. The molecule has 2 N–H and O–H groups in total. The molecule has 6 heteroatoms. The summed E-state index contributed by atoms with van der Waals surface area (Å²) in [5.74, 6) is -1.05. The number of aliphatic carboxylic acids is 1. The maximum atomic E-state index is 12.0. The number of hydrogen-bond acceptors (Lipinski definition) is 3. The van der Waals surface area contributed by atoms with E-state index in [0.29, 0.717) is 0 Å². The number of urea groups is 1. The second-order valence-electron chi connectivity index (χ2n) is 5.77. The van der Waals surface area contributed by atoms with Crippen LogP contribution in [0.2, 0.25) is 0 Å². The molecular formula is C13H26N2O4. The predicted molar refractivity (Wildman–Crippen MR) is 73.1 cm³/mol. The molecule has 2 amide bonds. The maximum Gasteiger partial charge on any atom is 0.326 e. The van der Waals surface area contributed by atoms with Crippen LogP contribution in [0.4, 0.5) is 4.79 Å². The lowest BCUT2D eigenvalue weighted by Gasteiger charge is -2.35. The first kappa shape index (κ1) is 17.7. The zero-order valence-corrected chi connectivity index (χ0v) is 12.7. The van der Waals surface area contributed by atoms with Crippen LogP contribution in [0.1, 0.15) is 34.1 Å². The van der Waals surface area contributed by atoms with Gasteiger partial charge in [-0.25, -0.2) is 9.59 Å². The van der Waals surface area contributed by atoms with Crippen LogP contribution in [-0.2, 0) is 9.53 Å². The molecule has 2 atom stereocenters. The Bertz CT molecular complexity index is 312. The molecule has 0 saturated heterocycles. The Morgan fingerprint density at radius 1 is 1.37 bits per heavy atom. The quantitative estimate of drug-likeness (QED) is 0.770. The number of carbonyl (C=O) groups is 2. The Morgan fingerprint density at radius 3 is 2.26 bits per heavy atom. The first-order chi connectivity index (χ1) is 8.61. The van der Waals surface area contributed by atoms with Gasteiger partial charge in [0.2, 0.25) is 0 Å². The number of amides is 2. The van der Waals surface area contributed by atoms with Gasteiger partial charge >= 0.3 is 12.0 Å². The molecule has 0 spiro atoms. The Morgan fingerprint density at radius 2 is 1.89 bits per heavy atom. The van der Waals surface area contributed by atoms with Crippen molar-refractivity contribution in [3.63, 3.8) is 0 Å². The standard InChI is InChI=1S/C13H26N2O4/c1-9(13(2,3)4)15(5)12(18)14-10(11(16)17)7-8-19-6/h9-10H,7-8H2,1-6H3,(H,14,18)(H,16,17). The third-order valence-corrected chi connectivity index (χ3v) is 3.36. The largest absolute Gasteiger partial charge is 0.480 e. The van der Waals surface area contributed by atoms with Crippen molar-refractivity contribution in [3.05, 3.63) is 0 Å². The van der Waals surface area contributed by atoms with E-state index in [1.54, 1.807) is 7.05 Å². The van der Waals surface area contributed by atoms with E-state index in [4.69, 9.17) is 9.84 Å². The minimum atomic E-state index is -1.05. The van der Waals surface area contributed by atoms with Crippen LogP contribution >= 0.6 is 0 Å². The number of methoxy groups -OCH3 is 1. The zero-order valence-electron chi connectivity index (χ0n) is 12.7. The van der Waals surface area contributed by atoms with Gasteiger partial charge in [0.1, 0.15) is 6.04 Å². The number of rotatable bonds is 6. The second-order valence-corrected chi connectivity index (χ2v) is 5.77. The molecule has 0 fully saturated rings. The SMILES string of the molecule is COCCC(NC(=O)N(C)C(C)C(C)(C)C)C(=O)O. The lowest BCUT2D eigenvalue weighted by Crippen LogP contribution is -2.52. The Labute approximate surface area is 115 Å². The van der Waals surface area contributed by atoms with E-state index in [2.05, 4.69) is 5.32 Å². The van der Waals surface area contributed by atoms with Gasteiger partial charge in [0.05, 0.1) is 0 Å². The molecule has 112 valence electrons. The first-order valence-corrected chi connectivity index (χ1v) is 6.36. The number of carbonyl (C=O) groups excluding carboxylic acids is 1. The van der Waals surface area contributed by atoms with Crippen molar-refractivity contribution in [1.29, 1.82) is 0 Å². The molecule has 0 radical (unpaired) electrons. The third kappa shape index (κ3) is 5.92. The molecule has 0 aliphatic heterocycles. The fourth-order valence-electron chi connectivity index (χ4n) is 1.50. The van der Waals surface area contributed by atoms with E-state index in [-0.39, 0.29) is 30.5 Å². The van der Waals surface area contributed by atoms with Crippen LogP contribution < -0.4 is 5.32 Å². The molecule has 6 nitrogen and oxygen atoms in total. The van der Waals surface area contributed by atoms with Crippen molar-refractivity contribution >= 4 is 12.0 Å². The van der Waals surface area contributed by atoms with Gasteiger partial charge in [0.15, 0.2) is 0 Å². The van der Waals surface area contributed by atoms with Crippen molar-refractivity contribution < 1.29 is 19.4 Å². The number of nitrogens with zero attached hydrogens (tertiary/aromatic N) is 1. The summed E-state index contributed by atoms with van der Waals surface area (Å²) in [6.07, 6.45) is 0.245. The van der Waals surface area contributed by atoms with Crippen LogP contribution in [0.3, 0.4) is 0 Å². The fraction of sp³-hybridized carbons (Fsp3) is 0.846.